The number of nitrogens with one attached hydrogen (secondary N) is 1. The number of nitrogens with two attached hydrogens (primary N) is 1. The highest BCUT2D eigenvalue weighted by Gasteiger charge is 2.31. The molecular formula is C26H33Cl2N5O2. The minimum Gasteiger partial charge on any atom is -0.495 e. The molecule has 0 fully saturated rings. The first-order valence-electron chi connectivity index (χ1n) is 11.7. The van der Waals surface area contributed by atoms with Gasteiger partial charge in [0.15, 0.2) is 0 Å². The van der Waals surface area contributed by atoms with E-state index < -0.39 is 0 Å². The molecule has 1 aliphatic carbocycles. The predicted octanol–water partition coefficient (Wildman–Crippen LogP) is 5.25. The number of benzene rings is 2. The molecular weight excluding hydrogens is 485 g/mol. The van der Waals surface area contributed by atoms with Crippen LogP contribution in [0.3, 0.4) is 0 Å². The second-order valence-electron chi connectivity index (χ2n) is 9.29. The molecule has 3 N–H and O–H groups in total. The summed E-state index contributed by atoms with van der Waals surface area (Å²) in [5.74, 6) is 1.23. The molecule has 0 spiro atoms. The topological polar surface area (TPSA) is 79.6 Å². The van der Waals surface area contributed by atoms with Crippen LogP contribution in [0.2, 0.25) is 10.0 Å². The van der Waals surface area contributed by atoms with Gasteiger partial charge >= 0.3 is 0 Å². The van der Waals surface area contributed by atoms with Gasteiger partial charge in [-0.25, -0.2) is 0 Å². The molecule has 7 nitrogen and oxygen atoms in total. The summed E-state index contributed by atoms with van der Waals surface area (Å²) >= 11 is 13.4. The van der Waals surface area contributed by atoms with Gasteiger partial charge in [-0.05, 0) is 57.5 Å². The molecule has 0 saturated heterocycles. The number of rotatable bonds is 8. The zero-order valence-electron chi connectivity index (χ0n) is 20.9. The maximum atomic E-state index is 6.72. The normalized spacial score (nSPS) is 15.3. The number of nitrogen functional groups attached to an aromatic ring is 1. The standard InChI is InChI=1S/C26H33Cl2N5O2/c1-32(2)10-11-33(3)20-9-7-16(29)13-18(20)26-17-8-6-15(12-19(17)30-31-26)23-24(27)21(34-4)14-22(35-5)25(23)28/h7,9,13-15H,6,8,10-12,29H2,1-5H3,(H,30,31). The molecule has 35 heavy (non-hydrogen) atoms. The van der Waals surface area contributed by atoms with E-state index in [4.69, 9.17) is 43.5 Å². The van der Waals surface area contributed by atoms with E-state index >= 15 is 0 Å². The van der Waals surface area contributed by atoms with E-state index in [1.165, 1.54) is 5.56 Å². The third kappa shape index (κ3) is 5.03. The monoisotopic (exact) mass is 517 g/mol. The molecule has 0 aliphatic heterocycles. The summed E-state index contributed by atoms with van der Waals surface area (Å²) in [6.07, 6.45) is 2.46. The molecule has 0 radical (unpaired) electrons. The van der Waals surface area contributed by atoms with Crippen molar-refractivity contribution >= 4 is 34.6 Å². The number of nitrogens with zero attached hydrogens (tertiary/aromatic N) is 3. The van der Waals surface area contributed by atoms with Gasteiger partial charge in [0, 0.05) is 60.0 Å². The number of ether oxygens (including phenoxy) is 2. The summed E-state index contributed by atoms with van der Waals surface area (Å²) in [7, 11) is 9.45. The number of methoxy groups -OCH3 is 2. The van der Waals surface area contributed by atoms with Crippen LogP contribution < -0.4 is 20.1 Å². The Kier molecular flexibility index (Phi) is 7.69. The molecule has 1 aromatic heterocycles. The lowest BCUT2D eigenvalue weighted by atomic mass is 9.81. The van der Waals surface area contributed by atoms with Gasteiger partial charge in [-0.1, -0.05) is 23.2 Å². The van der Waals surface area contributed by atoms with Crippen LogP contribution in [-0.2, 0) is 12.8 Å². The van der Waals surface area contributed by atoms with E-state index in [0.29, 0.717) is 21.5 Å². The minimum atomic E-state index is 0.114. The Hall–Kier alpha value is -2.61. The smallest absolute Gasteiger partial charge is 0.141 e. The van der Waals surface area contributed by atoms with Gasteiger partial charge in [0.25, 0.3) is 0 Å². The number of halogens is 2. The van der Waals surface area contributed by atoms with E-state index in [-0.39, 0.29) is 5.92 Å². The number of hydrogen-bond donors (Lipinski definition) is 2. The van der Waals surface area contributed by atoms with Gasteiger partial charge in [-0.3, -0.25) is 5.10 Å². The highest BCUT2D eigenvalue weighted by Crippen LogP contribution is 2.48. The Bertz CT molecular complexity index is 1180. The number of hydrogen-bond acceptors (Lipinski definition) is 6. The summed E-state index contributed by atoms with van der Waals surface area (Å²) in [5, 5.41) is 9.11. The maximum absolute atomic E-state index is 6.72. The largest absolute Gasteiger partial charge is 0.495 e. The zero-order chi connectivity index (χ0) is 25.3. The lowest BCUT2D eigenvalue weighted by Crippen LogP contribution is -2.28. The fraction of sp³-hybridized carbons (Fsp3) is 0.423. The van der Waals surface area contributed by atoms with Crippen molar-refractivity contribution in [3.63, 3.8) is 0 Å². The van der Waals surface area contributed by atoms with Gasteiger partial charge in [-0.2, -0.15) is 5.10 Å². The van der Waals surface area contributed by atoms with Crippen LogP contribution in [0.15, 0.2) is 24.3 Å². The average Bonchev–Trinajstić information content (AvgIpc) is 3.26. The van der Waals surface area contributed by atoms with E-state index in [1.54, 1.807) is 20.3 Å². The molecule has 0 amide bonds. The van der Waals surface area contributed by atoms with Gasteiger partial charge in [0.05, 0.1) is 30.0 Å². The minimum absolute atomic E-state index is 0.114. The Morgan fingerprint density at radius 1 is 1.06 bits per heavy atom. The SMILES string of the molecule is COc1cc(OC)c(Cl)c(C2CCc3c(-c4cc(N)ccc4N(C)CCN(C)C)n[nH]c3C2)c1Cl. The maximum Gasteiger partial charge on any atom is 0.141 e. The van der Waals surface area contributed by atoms with Crippen molar-refractivity contribution in [3.05, 3.63) is 51.1 Å². The summed E-state index contributed by atoms with van der Waals surface area (Å²) in [5.41, 5.74) is 13.2. The summed E-state index contributed by atoms with van der Waals surface area (Å²) in [4.78, 5) is 4.43. The van der Waals surface area contributed by atoms with E-state index in [9.17, 15) is 0 Å². The molecule has 0 saturated carbocycles. The first-order chi connectivity index (χ1) is 16.7. The second kappa shape index (κ2) is 10.6. The fourth-order valence-electron chi connectivity index (χ4n) is 4.79. The average molecular weight is 518 g/mol. The predicted molar refractivity (Wildman–Crippen MR) is 145 cm³/mol. The molecule has 2 aromatic carbocycles. The Labute approximate surface area is 217 Å². The molecule has 0 bridgehead atoms. The Balaban J connectivity index is 1.69. The molecule has 188 valence electrons. The number of likely N-dealkylation sites (N-methyl/N-ethyl adjacent to an activating group) is 2. The first-order valence-corrected chi connectivity index (χ1v) is 12.4. The van der Waals surface area contributed by atoms with Crippen LogP contribution in [0, 0.1) is 0 Å². The summed E-state index contributed by atoms with van der Waals surface area (Å²) < 4.78 is 11.0. The van der Waals surface area contributed by atoms with Crippen LogP contribution in [0.4, 0.5) is 11.4 Å². The molecule has 1 aliphatic rings. The third-order valence-electron chi connectivity index (χ3n) is 6.73. The molecule has 4 rings (SSSR count). The highest BCUT2D eigenvalue weighted by molar-refractivity contribution is 6.38. The molecule has 3 aromatic rings. The van der Waals surface area contributed by atoms with Gasteiger partial charge in [0.2, 0.25) is 0 Å². The third-order valence-corrected chi connectivity index (χ3v) is 7.51. The van der Waals surface area contributed by atoms with E-state index in [0.717, 1.165) is 66.2 Å². The van der Waals surface area contributed by atoms with Gasteiger partial charge in [-0.15, -0.1) is 0 Å². The molecule has 1 atom stereocenters. The number of fused-ring (bicyclic) bond motifs is 1. The van der Waals surface area contributed by atoms with Crippen LogP contribution >= 0.6 is 23.2 Å². The Morgan fingerprint density at radius 3 is 2.37 bits per heavy atom. The van der Waals surface area contributed by atoms with E-state index in [2.05, 4.69) is 42.1 Å². The lowest BCUT2D eigenvalue weighted by molar-refractivity contribution is 0.392. The number of aromatic amines is 1. The van der Waals surface area contributed by atoms with Crippen molar-refractivity contribution in [2.75, 3.05) is 59.1 Å². The van der Waals surface area contributed by atoms with Crippen molar-refractivity contribution in [2.24, 2.45) is 0 Å². The quantitative estimate of drug-likeness (QED) is 0.397. The van der Waals surface area contributed by atoms with Gasteiger partial charge < -0.3 is 25.0 Å². The number of H-pyrrole nitrogens is 1. The number of aromatic nitrogens is 2. The fourth-order valence-corrected chi connectivity index (χ4v) is 5.59. The van der Waals surface area contributed by atoms with Crippen LogP contribution in [0.1, 0.15) is 29.2 Å². The second-order valence-corrected chi connectivity index (χ2v) is 10.0. The summed E-state index contributed by atoms with van der Waals surface area (Å²) in [6, 6.07) is 7.77. The van der Waals surface area contributed by atoms with Crippen molar-refractivity contribution in [1.29, 1.82) is 0 Å². The van der Waals surface area contributed by atoms with E-state index in [1.807, 2.05) is 12.1 Å². The van der Waals surface area contributed by atoms with Crippen molar-refractivity contribution < 1.29 is 9.47 Å². The van der Waals surface area contributed by atoms with Crippen molar-refractivity contribution in [1.82, 2.24) is 15.1 Å². The lowest BCUT2D eigenvalue weighted by Gasteiger charge is -2.27. The first kappa shape index (κ1) is 25.5. The van der Waals surface area contributed by atoms with Crippen LogP contribution in [0.25, 0.3) is 11.3 Å². The molecule has 1 unspecified atom stereocenters. The van der Waals surface area contributed by atoms with Crippen molar-refractivity contribution in [2.45, 2.75) is 25.2 Å². The zero-order valence-corrected chi connectivity index (χ0v) is 22.4. The van der Waals surface area contributed by atoms with Gasteiger partial charge in [0.1, 0.15) is 11.5 Å². The molecule has 9 heteroatoms. The Morgan fingerprint density at radius 2 is 1.74 bits per heavy atom. The summed E-state index contributed by atoms with van der Waals surface area (Å²) in [6.45, 7) is 1.85. The van der Waals surface area contributed by atoms with Crippen LogP contribution in [0.5, 0.6) is 11.5 Å². The van der Waals surface area contributed by atoms with Crippen molar-refractivity contribution in [3.8, 4) is 22.8 Å². The number of anilines is 2. The highest BCUT2D eigenvalue weighted by atomic mass is 35.5. The molecule has 1 heterocycles. The van der Waals surface area contributed by atoms with Crippen LogP contribution in [-0.4, -0.2) is 63.5 Å².